The van der Waals surface area contributed by atoms with Gasteiger partial charge in [0.25, 0.3) is 0 Å². The number of esters is 1. The number of fused-ring (bicyclic) bond motifs is 1. The van der Waals surface area contributed by atoms with E-state index in [1.165, 1.54) is 41.7 Å². The van der Waals surface area contributed by atoms with Gasteiger partial charge in [-0.2, -0.15) is 13.2 Å². The fraction of sp³-hybridized carbons (Fsp3) is 0.524. The molecule has 10 amide bonds. The molecule has 0 radical (unpaired) electrons. The zero-order chi connectivity index (χ0) is 71.7. The van der Waals surface area contributed by atoms with Crippen molar-refractivity contribution >= 4 is 87.9 Å². The number of carboxylic acids is 1. The summed E-state index contributed by atoms with van der Waals surface area (Å²) in [5.41, 5.74) is 13.3. The number of ether oxygens (including phenoxy) is 1. The van der Waals surface area contributed by atoms with Crippen molar-refractivity contribution in [3.63, 3.8) is 0 Å². The number of H-pyrrole nitrogens is 2. The number of benzene rings is 2. The van der Waals surface area contributed by atoms with Crippen LogP contribution >= 0.6 is 0 Å². The van der Waals surface area contributed by atoms with E-state index >= 15 is 0 Å². The van der Waals surface area contributed by atoms with E-state index in [1.54, 1.807) is 51.2 Å². The number of nitrogens with one attached hydrogen (secondary N) is 11. The summed E-state index contributed by atoms with van der Waals surface area (Å²) in [5, 5.41) is 42.4. The number of likely N-dealkylation sites (N-methyl/N-ethyl adjacent to an activating group) is 1. The van der Waals surface area contributed by atoms with Crippen LogP contribution in [0.5, 0.6) is 5.75 Å². The van der Waals surface area contributed by atoms with Gasteiger partial charge in [-0.1, -0.05) is 58.0 Å². The van der Waals surface area contributed by atoms with Gasteiger partial charge in [0.1, 0.15) is 66.7 Å². The minimum Gasteiger partial charge on any atom is -0.508 e. The Bertz CT molecular complexity index is 3410. The first-order valence-electron chi connectivity index (χ1n) is 31.6. The lowest BCUT2D eigenvalue weighted by Crippen LogP contribution is -2.61. The van der Waals surface area contributed by atoms with Gasteiger partial charge in [-0.05, 0) is 93.0 Å². The number of aliphatic carboxylic acids is 1. The number of aromatic hydroxyl groups is 1. The Kier molecular flexibility index (Phi) is 29.6. The molecule has 0 spiro atoms. The Morgan fingerprint density at radius 3 is 1.80 bits per heavy atom. The molecule has 2 saturated heterocycles. The highest BCUT2D eigenvalue weighted by molar-refractivity contribution is 5.99. The molecule has 4 heterocycles. The highest BCUT2D eigenvalue weighted by Gasteiger charge is 2.41. The fourth-order valence-corrected chi connectivity index (χ4v) is 10.7. The highest BCUT2D eigenvalue weighted by atomic mass is 19.4. The van der Waals surface area contributed by atoms with Gasteiger partial charge in [-0.15, -0.1) is 0 Å². The maximum atomic E-state index is 14.8. The number of rotatable bonds is 33. The molecular formula is C63H87F3N16O15. The van der Waals surface area contributed by atoms with E-state index in [9.17, 15) is 71.0 Å². The van der Waals surface area contributed by atoms with Crippen molar-refractivity contribution in [2.24, 2.45) is 28.3 Å². The molecule has 0 bridgehead atoms. The number of aliphatic imine (C=N–C) groups is 1. The number of nitrogens with zero attached hydrogens (tertiary/aromatic N) is 3. The summed E-state index contributed by atoms with van der Waals surface area (Å²) in [7, 11) is 0. The second-order valence-corrected chi connectivity index (χ2v) is 24.2. The van der Waals surface area contributed by atoms with Gasteiger partial charge < -0.3 is 89.1 Å². The van der Waals surface area contributed by atoms with E-state index in [0.29, 0.717) is 47.1 Å². The number of hydrogen-bond donors (Lipinski definition) is 15. The zero-order valence-electron chi connectivity index (χ0n) is 54.6. The second-order valence-electron chi connectivity index (χ2n) is 24.2. The summed E-state index contributed by atoms with van der Waals surface area (Å²) >= 11 is 0. The lowest BCUT2D eigenvalue weighted by atomic mass is 9.98. The molecule has 9 unspecified atom stereocenters. The third-order valence-electron chi connectivity index (χ3n) is 15.4. The first-order valence-corrected chi connectivity index (χ1v) is 31.6. The number of aromatic nitrogens is 3. The molecule has 4 aromatic rings. The predicted molar refractivity (Wildman–Crippen MR) is 343 cm³/mol. The number of carbonyl (C=O) groups is 12. The number of guanidine groups is 1. The van der Waals surface area contributed by atoms with Crippen LogP contribution in [-0.2, 0) is 81.5 Å². The zero-order valence-corrected chi connectivity index (χ0v) is 54.6. The summed E-state index contributed by atoms with van der Waals surface area (Å²) in [6.45, 7) is 10.1. The number of aromatic amines is 2. The number of imidazole rings is 1. The van der Waals surface area contributed by atoms with E-state index < -0.39 is 126 Å². The molecule has 2 aliphatic heterocycles. The van der Waals surface area contributed by atoms with Crippen LogP contribution in [-0.4, -0.2) is 194 Å². The largest absolute Gasteiger partial charge is 0.508 e. The number of carbonyl (C=O) groups excluding carboxylic acids is 11. The number of phenols is 1. The second kappa shape index (κ2) is 37.1. The summed E-state index contributed by atoms with van der Waals surface area (Å²) in [5.74, 6) is -11.3. The molecular weight excluding hydrogens is 1280 g/mol. The SMILES string of the molecule is CCNC(=O)C1CCCN1C(=O)C(CCCN=C(N)N)NC(=O)C(CC(C)C)NC(=O)C(CC(C)C)NC(=O)C(Cc1ccc(O)cc1)NC(=O)C(COC(C)=O)NC(=O)C(Cc1c[nH]c2ccccc12)NC(=O)C(Cc1cnc[nH]1)NC(=O)C1CCC(=O)N1.O=C(O)C(F)(F)F. The minimum atomic E-state index is -5.08. The Morgan fingerprint density at radius 2 is 1.27 bits per heavy atom. The standard InChI is InChI=1S/C61H86N16O13.C2HF3O2/c1-7-65-59(88)50-15-11-23-77(50)60(89)43(14-10-22-66-61(62)63)70-53(82)44(24-33(2)3)71-54(83)45(25-34(4)5)72-55(84)46(26-36-16-18-39(79)19-17-36)73-58(87)49(31-90-35(6)78)76-56(85)47(27-37-29-67-41-13-9-8-12-40(37)41)74-57(86)48(28-38-30-64-32-68-38)75-52(81)42-20-21-51(80)69-42;3-2(4,5)1(6)7/h8-9,12-13,16-19,29-30,32-34,42-50,67,79H,7,10-11,14-15,20-28,31H2,1-6H3,(H,64,68)(H,65,88)(H,69,80)(H,70,82)(H,71,83)(H,72,84)(H,73,87)(H,74,86)(H,75,81)(H,76,85)(H4,62,63,66);(H,6,7). The fourth-order valence-electron chi connectivity index (χ4n) is 10.7. The average molecular weight is 1370 g/mol. The van der Waals surface area contributed by atoms with Crippen molar-refractivity contribution in [3.05, 3.63) is 84.1 Å². The molecule has 9 atom stereocenters. The molecule has 0 aliphatic carbocycles. The number of likely N-dealkylation sites (tertiary alicyclic amines) is 1. The average Bonchev–Trinajstić information content (AvgIpc) is 1.74. The smallest absolute Gasteiger partial charge is 0.490 e. The van der Waals surface area contributed by atoms with Crippen LogP contribution in [0.15, 0.2) is 72.2 Å². The summed E-state index contributed by atoms with van der Waals surface area (Å²) < 4.78 is 37.0. The van der Waals surface area contributed by atoms with E-state index in [-0.39, 0.29) is 106 Å². The third kappa shape index (κ3) is 25.1. The van der Waals surface area contributed by atoms with E-state index in [4.69, 9.17) is 26.1 Å². The maximum Gasteiger partial charge on any atom is 0.490 e. The van der Waals surface area contributed by atoms with Crippen LogP contribution in [0.1, 0.15) is 110 Å². The Labute approximate surface area is 556 Å². The summed E-state index contributed by atoms with van der Waals surface area (Å²) in [6, 6.07) is 1.35. The summed E-state index contributed by atoms with van der Waals surface area (Å²) in [6.07, 6.45) is 0.546. The molecule has 31 nitrogen and oxygen atoms in total. The van der Waals surface area contributed by atoms with E-state index in [0.717, 1.165) is 6.92 Å². The Hall–Kier alpha value is -10.3. The van der Waals surface area contributed by atoms with Gasteiger partial charge in [-0.25, -0.2) is 9.78 Å². The van der Waals surface area contributed by atoms with Gasteiger partial charge in [0.2, 0.25) is 59.1 Å². The molecule has 2 aromatic carbocycles. The van der Waals surface area contributed by atoms with E-state index in [1.807, 2.05) is 13.8 Å². The van der Waals surface area contributed by atoms with Crippen molar-refractivity contribution in [1.29, 1.82) is 0 Å². The van der Waals surface area contributed by atoms with Crippen LogP contribution in [0.2, 0.25) is 0 Å². The van der Waals surface area contributed by atoms with E-state index in [2.05, 4.69) is 67.8 Å². The predicted octanol–water partition coefficient (Wildman–Crippen LogP) is -0.234. The molecule has 34 heteroatoms. The van der Waals surface area contributed by atoms with Gasteiger partial charge >= 0.3 is 18.1 Å². The lowest BCUT2D eigenvalue weighted by Gasteiger charge is -2.31. The lowest BCUT2D eigenvalue weighted by molar-refractivity contribution is -0.192. The van der Waals surface area contributed by atoms with Gasteiger partial charge in [0, 0.05) is 81.2 Å². The Morgan fingerprint density at radius 1 is 0.722 bits per heavy atom. The first kappa shape index (κ1) is 77.4. The number of halogens is 3. The molecule has 2 aliphatic rings. The number of carboxylic acid groups (broad SMARTS) is 1. The topological polar surface area (TPSA) is 475 Å². The van der Waals surface area contributed by atoms with Crippen LogP contribution in [0.3, 0.4) is 0 Å². The first-order chi connectivity index (χ1) is 45.8. The minimum absolute atomic E-state index is 0.0216. The molecule has 2 aromatic heterocycles. The molecule has 0 saturated carbocycles. The van der Waals surface area contributed by atoms with Crippen molar-refractivity contribution in [1.82, 2.24) is 67.7 Å². The molecule has 2 fully saturated rings. The number of para-hydroxylation sites is 1. The monoisotopic (exact) mass is 1360 g/mol. The maximum absolute atomic E-state index is 14.8. The number of nitrogens with two attached hydrogens (primary N) is 2. The molecule has 17 N–H and O–H groups in total. The number of alkyl halides is 3. The normalized spacial score (nSPS) is 16.5. The van der Waals surface area contributed by atoms with Crippen molar-refractivity contribution in [3.8, 4) is 5.75 Å². The van der Waals surface area contributed by atoms with Crippen LogP contribution < -0.4 is 59.3 Å². The quantitative estimate of drug-likeness (QED) is 0.0127. The molecule has 97 heavy (non-hydrogen) atoms. The van der Waals surface area contributed by atoms with Crippen molar-refractivity contribution < 1.29 is 85.7 Å². The van der Waals surface area contributed by atoms with Gasteiger partial charge in [0.15, 0.2) is 5.96 Å². The summed E-state index contributed by atoms with van der Waals surface area (Å²) in [4.78, 5) is 178. The number of phenolic OH excluding ortho intramolecular Hbond substituents is 1. The van der Waals surface area contributed by atoms with Crippen LogP contribution in [0.25, 0.3) is 10.9 Å². The number of amides is 10. The van der Waals surface area contributed by atoms with Gasteiger partial charge in [-0.3, -0.25) is 57.7 Å². The van der Waals surface area contributed by atoms with Crippen LogP contribution in [0, 0.1) is 11.8 Å². The van der Waals surface area contributed by atoms with Crippen LogP contribution in [0.4, 0.5) is 13.2 Å². The number of hydrogen-bond acceptors (Lipinski definition) is 16. The highest BCUT2D eigenvalue weighted by Crippen LogP contribution is 2.23. The molecule has 530 valence electrons. The Balaban J connectivity index is 0.00000230. The molecule has 6 rings (SSSR count). The van der Waals surface area contributed by atoms with Crippen molar-refractivity contribution in [2.75, 3.05) is 26.2 Å². The van der Waals surface area contributed by atoms with Gasteiger partial charge in [0.05, 0.1) is 6.33 Å². The van der Waals surface area contributed by atoms with Crippen molar-refractivity contribution in [2.45, 2.75) is 173 Å². The third-order valence-corrected chi connectivity index (χ3v) is 15.4.